The number of H-pyrrole nitrogens is 1. The number of aromatic nitrogens is 1. The van der Waals surface area contributed by atoms with Crippen LogP contribution in [0.4, 0.5) is 0 Å². The summed E-state index contributed by atoms with van der Waals surface area (Å²) < 4.78 is 0. The van der Waals surface area contributed by atoms with Crippen LogP contribution in [0.1, 0.15) is 23.7 Å². The molecular formula is C13H19N3O2. The minimum Gasteiger partial charge on any atom is -0.338 e. The van der Waals surface area contributed by atoms with E-state index in [4.69, 9.17) is 5.73 Å². The number of hydrogen-bond acceptors (Lipinski definition) is 3. The Morgan fingerprint density at radius 2 is 2.39 bits per heavy atom. The quantitative estimate of drug-likeness (QED) is 0.797. The highest BCUT2D eigenvalue weighted by atomic mass is 16.2. The molecule has 1 aliphatic rings. The molecule has 1 amide bonds. The number of hydrogen-bond donors (Lipinski definition) is 2. The van der Waals surface area contributed by atoms with E-state index >= 15 is 0 Å². The van der Waals surface area contributed by atoms with Crippen LogP contribution in [0.5, 0.6) is 0 Å². The highest BCUT2D eigenvalue weighted by Gasteiger charge is 2.29. The number of carbonyl (C=O) groups excluding carboxylic acids is 1. The van der Waals surface area contributed by atoms with Gasteiger partial charge >= 0.3 is 0 Å². The molecule has 0 radical (unpaired) electrons. The lowest BCUT2D eigenvalue weighted by molar-refractivity contribution is 0.0616. The van der Waals surface area contributed by atoms with Gasteiger partial charge in [0.05, 0.1) is 0 Å². The first kappa shape index (κ1) is 12.8. The van der Waals surface area contributed by atoms with Crippen LogP contribution in [0.2, 0.25) is 0 Å². The zero-order chi connectivity index (χ0) is 13.1. The van der Waals surface area contributed by atoms with E-state index in [0.29, 0.717) is 31.5 Å². The van der Waals surface area contributed by atoms with Gasteiger partial charge < -0.3 is 15.6 Å². The number of aromatic amines is 1. The molecule has 98 valence electrons. The number of nitrogens with zero attached hydrogens (tertiary/aromatic N) is 1. The summed E-state index contributed by atoms with van der Waals surface area (Å²) in [5.74, 6) is 0.667. The lowest BCUT2D eigenvalue weighted by atomic mass is 9.87. The smallest absolute Gasteiger partial charge is 0.260 e. The van der Waals surface area contributed by atoms with Crippen LogP contribution in [0.3, 0.4) is 0 Å². The summed E-state index contributed by atoms with van der Waals surface area (Å²) in [6.45, 7) is 4.08. The molecular weight excluding hydrogens is 230 g/mol. The number of amides is 1. The van der Waals surface area contributed by atoms with Gasteiger partial charge in [0.2, 0.25) is 0 Å². The van der Waals surface area contributed by atoms with E-state index in [1.54, 1.807) is 17.0 Å². The molecule has 5 heteroatoms. The fourth-order valence-electron chi connectivity index (χ4n) is 2.40. The van der Waals surface area contributed by atoms with Crippen molar-refractivity contribution in [1.82, 2.24) is 9.88 Å². The normalized spacial score (nSPS) is 24.0. The molecule has 1 aromatic rings. The van der Waals surface area contributed by atoms with Gasteiger partial charge in [-0.15, -0.1) is 0 Å². The summed E-state index contributed by atoms with van der Waals surface area (Å²) in [6.07, 6.45) is 2.47. The maximum atomic E-state index is 12.3. The van der Waals surface area contributed by atoms with Gasteiger partial charge in [-0.1, -0.05) is 6.92 Å². The van der Waals surface area contributed by atoms with Crippen LogP contribution in [0.15, 0.2) is 23.1 Å². The van der Waals surface area contributed by atoms with Crippen LogP contribution in [-0.4, -0.2) is 35.4 Å². The van der Waals surface area contributed by atoms with E-state index in [2.05, 4.69) is 11.9 Å². The Balaban J connectivity index is 2.15. The third-order valence-corrected chi connectivity index (χ3v) is 3.75. The highest BCUT2D eigenvalue weighted by molar-refractivity contribution is 5.93. The van der Waals surface area contributed by atoms with E-state index in [0.717, 1.165) is 6.42 Å². The van der Waals surface area contributed by atoms with Crippen LogP contribution in [0, 0.1) is 11.8 Å². The van der Waals surface area contributed by atoms with Crippen molar-refractivity contribution >= 4 is 5.91 Å². The zero-order valence-electron chi connectivity index (χ0n) is 10.6. The summed E-state index contributed by atoms with van der Waals surface area (Å²) in [4.78, 5) is 28.1. The molecule has 2 atom stereocenters. The zero-order valence-corrected chi connectivity index (χ0v) is 10.6. The molecule has 1 aliphatic heterocycles. The maximum Gasteiger partial charge on any atom is 0.260 e. The number of nitrogens with two attached hydrogens (primary N) is 1. The lowest BCUT2D eigenvalue weighted by Crippen LogP contribution is -2.46. The highest BCUT2D eigenvalue weighted by Crippen LogP contribution is 2.22. The number of piperidine rings is 1. The van der Waals surface area contributed by atoms with Gasteiger partial charge in [-0.3, -0.25) is 9.59 Å². The summed E-state index contributed by atoms with van der Waals surface area (Å²) in [5, 5.41) is 0. The fourth-order valence-corrected chi connectivity index (χ4v) is 2.40. The molecule has 18 heavy (non-hydrogen) atoms. The van der Waals surface area contributed by atoms with E-state index in [-0.39, 0.29) is 17.0 Å². The van der Waals surface area contributed by atoms with E-state index in [1.165, 1.54) is 6.20 Å². The number of carbonyl (C=O) groups is 1. The molecule has 0 spiro atoms. The van der Waals surface area contributed by atoms with Crippen molar-refractivity contribution in [3.05, 3.63) is 34.2 Å². The van der Waals surface area contributed by atoms with Crippen molar-refractivity contribution in [2.24, 2.45) is 17.6 Å². The number of nitrogens with one attached hydrogen (secondary N) is 1. The monoisotopic (exact) mass is 249 g/mol. The van der Waals surface area contributed by atoms with Crippen molar-refractivity contribution in [2.45, 2.75) is 13.3 Å². The first-order chi connectivity index (χ1) is 8.63. The second-order valence-electron chi connectivity index (χ2n) is 4.93. The van der Waals surface area contributed by atoms with E-state index in [9.17, 15) is 9.59 Å². The minimum absolute atomic E-state index is 0.192. The van der Waals surface area contributed by atoms with Crippen LogP contribution in [-0.2, 0) is 0 Å². The van der Waals surface area contributed by atoms with Crippen molar-refractivity contribution in [3.63, 3.8) is 0 Å². The molecule has 1 fully saturated rings. The van der Waals surface area contributed by atoms with Gasteiger partial charge in [0, 0.05) is 19.3 Å². The largest absolute Gasteiger partial charge is 0.338 e. The maximum absolute atomic E-state index is 12.3. The Morgan fingerprint density at radius 3 is 3.06 bits per heavy atom. The average Bonchev–Trinajstić information content (AvgIpc) is 2.39. The minimum atomic E-state index is -0.328. The predicted octanol–water partition coefficient (Wildman–Crippen LogP) is 0.432. The van der Waals surface area contributed by atoms with Gasteiger partial charge in [0.15, 0.2) is 0 Å². The Kier molecular flexibility index (Phi) is 3.81. The summed E-state index contributed by atoms with van der Waals surface area (Å²) >= 11 is 0. The van der Waals surface area contributed by atoms with Gasteiger partial charge in [-0.2, -0.15) is 0 Å². The predicted molar refractivity (Wildman–Crippen MR) is 69.3 cm³/mol. The molecule has 5 nitrogen and oxygen atoms in total. The Hall–Kier alpha value is -1.62. The number of likely N-dealkylation sites (tertiary alicyclic amines) is 1. The first-order valence-electron chi connectivity index (χ1n) is 6.30. The third-order valence-electron chi connectivity index (χ3n) is 3.75. The molecule has 2 heterocycles. The van der Waals surface area contributed by atoms with Crippen molar-refractivity contribution < 1.29 is 4.79 Å². The molecule has 3 N–H and O–H groups in total. The van der Waals surface area contributed by atoms with Crippen molar-refractivity contribution in [3.8, 4) is 0 Å². The molecule has 2 rings (SSSR count). The van der Waals surface area contributed by atoms with Gasteiger partial charge in [0.25, 0.3) is 11.5 Å². The summed E-state index contributed by atoms with van der Waals surface area (Å²) in [6, 6.07) is 3.23. The van der Waals surface area contributed by atoms with E-state index in [1.807, 2.05) is 0 Å². The lowest BCUT2D eigenvalue weighted by Gasteiger charge is -2.36. The molecule has 0 aromatic carbocycles. The molecule has 0 bridgehead atoms. The van der Waals surface area contributed by atoms with E-state index < -0.39 is 0 Å². The third kappa shape index (κ3) is 2.46. The standard InChI is InChI=1S/C13H19N3O2/c1-9-4-6-16(8-10(9)7-14)13(18)11-3-2-5-15-12(11)17/h2-3,5,9-10H,4,6-8,14H2,1H3,(H,15,17). The van der Waals surface area contributed by atoms with Gasteiger partial charge in [-0.25, -0.2) is 0 Å². The first-order valence-corrected chi connectivity index (χ1v) is 6.30. The summed E-state index contributed by atoms with van der Waals surface area (Å²) in [7, 11) is 0. The second-order valence-corrected chi connectivity index (χ2v) is 4.93. The van der Waals surface area contributed by atoms with Crippen LogP contribution in [0.25, 0.3) is 0 Å². The topological polar surface area (TPSA) is 79.2 Å². The number of rotatable bonds is 2. The Morgan fingerprint density at radius 1 is 1.61 bits per heavy atom. The van der Waals surface area contributed by atoms with Crippen molar-refractivity contribution in [1.29, 1.82) is 0 Å². The van der Waals surface area contributed by atoms with Crippen LogP contribution < -0.4 is 11.3 Å². The molecule has 0 aliphatic carbocycles. The molecule has 1 saturated heterocycles. The van der Waals surface area contributed by atoms with Gasteiger partial charge in [-0.05, 0) is 36.9 Å². The van der Waals surface area contributed by atoms with Gasteiger partial charge in [0.1, 0.15) is 5.56 Å². The molecule has 2 unspecified atom stereocenters. The second kappa shape index (κ2) is 5.35. The Labute approximate surface area is 106 Å². The average molecular weight is 249 g/mol. The SMILES string of the molecule is CC1CCN(C(=O)c2ccc[nH]c2=O)CC1CN. The molecule has 1 aromatic heterocycles. The van der Waals surface area contributed by atoms with Crippen molar-refractivity contribution in [2.75, 3.05) is 19.6 Å². The molecule has 0 saturated carbocycles. The summed E-state index contributed by atoms with van der Waals surface area (Å²) in [5.41, 5.74) is 5.60. The number of pyridine rings is 1. The van der Waals surface area contributed by atoms with Crippen LogP contribution >= 0.6 is 0 Å². The fraction of sp³-hybridized carbons (Fsp3) is 0.538. The Bertz CT molecular complexity index is 483.